The molecule has 1 aromatic rings. The van der Waals surface area contributed by atoms with E-state index in [-0.39, 0.29) is 4.83 Å². The van der Waals surface area contributed by atoms with Crippen LogP contribution < -0.4 is 0 Å². The maximum Gasteiger partial charge on any atom is 0.191 e. The second-order valence-electron chi connectivity index (χ2n) is 2.22. The average Bonchev–Trinajstić information content (AvgIpc) is 2.28. The van der Waals surface area contributed by atoms with Gasteiger partial charge in [0.1, 0.15) is 16.9 Å². The maximum atomic E-state index is 10.3. The van der Waals surface area contributed by atoms with Crippen LogP contribution in [-0.4, -0.2) is 11.3 Å². The molecule has 1 heterocycles. The van der Waals surface area contributed by atoms with Gasteiger partial charge < -0.3 is 9.21 Å². The zero-order chi connectivity index (χ0) is 8.43. The van der Waals surface area contributed by atoms with E-state index in [0.29, 0.717) is 11.7 Å². The van der Waals surface area contributed by atoms with Crippen LogP contribution in [0.1, 0.15) is 22.2 Å². The Labute approximate surface area is 72.9 Å². The molecule has 3 nitrogen and oxygen atoms in total. The van der Waals surface area contributed by atoms with Crippen LogP contribution in [0.15, 0.2) is 4.42 Å². The summed E-state index contributed by atoms with van der Waals surface area (Å²) in [6, 6.07) is 0. The molecule has 0 aliphatic rings. The molecule has 0 saturated heterocycles. The third-order valence-corrected chi connectivity index (χ3v) is 1.94. The van der Waals surface area contributed by atoms with Crippen LogP contribution in [0, 0.1) is 13.8 Å². The Morgan fingerprint density at radius 1 is 1.64 bits per heavy atom. The largest absolute Gasteiger partial charge is 0.444 e. The Hall–Kier alpha value is -0.640. The minimum Gasteiger partial charge on any atom is -0.444 e. The number of carbonyl (C=O) groups excluding carboxylic acids is 1. The molecular formula is C7H8BrNO2. The first-order valence-corrected chi connectivity index (χ1v) is 4.10. The van der Waals surface area contributed by atoms with E-state index in [9.17, 15) is 4.79 Å². The molecule has 0 radical (unpaired) electrons. The molecule has 4 heteroatoms. The molecule has 0 aromatic carbocycles. The van der Waals surface area contributed by atoms with Gasteiger partial charge in [0.05, 0.1) is 5.69 Å². The van der Waals surface area contributed by atoms with Crippen LogP contribution in [0.4, 0.5) is 0 Å². The van der Waals surface area contributed by atoms with Crippen LogP contribution in [0.3, 0.4) is 0 Å². The predicted molar refractivity (Wildman–Crippen MR) is 43.7 cm³/mol. The van der Waals surface area contributed by atoms with Crippen molar-refractivity contribution in [2.24, 2.45) is 0 Å². The number of hydrogen-bond donors (Lipinski definition) is 0. The summed E-state index contributed by atoms with van der Waals surface area (Å²) >= 11 is 3.15. The molecule has 1 aromatic heterocycles. The first kappa shape index (κ1) is 8.46. The molecule has 0 amide bonds. The third-order valence-electron chi connectivity index (χ3n) is 1.31. The van der Waals surface area contributed by atoms with Crippen molar-refractivity contribution in [2.75, 3.05) is 0 Å². The standard InChI is InChI=1S/C7H8BrNO2/c1-4-7(6(8)3-10)11-5(2)9-4/h3,6H,1-2H3. The third kappa shape index (κ3) is 1.68. The second kappa shape index (κ2) is 3.17. The van der Waals surface area contributed by atoms with E-state index in [0.717, 1.165) is 12.0 Å². The number of carbonyl (C=O) groups is 1. The highest BCUT2D eigenvalue weighted by Crippen LogP contribution is 2.23. The van der Waals surface area contributed by atoms with Gasteiger partial charge in [-0.05, 0) is 6.92 Å². The average molecular weight is 218 g/mol. The molecule has 1 unspecified atom stereocenters. The van der Waals surface area contributed by atoms with Crippen molar-refractivity contribution in [3.8, 4) is 0 Å². The van der Waals surface area contributed by atoms with Gasteiger partial charge in [0.15, 0.2) is 5.89 Å². The van der Waals surface area contributed by atoms with Gasteiger partial charge in [0, 0.05) is 6.92 Å². The fraction of sp³-hybridized carbons (Fsp3) is 0.429. The lowest BCUT2D eigenvalue weighted by atomic mass is 10.3. The summed E-state index contributed by atoms with van der Waals surface area (Å²) in [6.45, 7) is 3.56. The quantitative estimate of drug-likeness (QED) is 0.562. The number of hydrogen-bond acceptors (Lipinski definition) is 3. The van der Waals surface area contributed by atoms with Gasteiger partial charge in [-0.3, -0.25) is 0 Å². The van der Waals surface area contributed by atoms with Crippen molar-refractivity contribution < 1.29 is 9.21 Å². The number of aldehydes is 1. The topological polar surface area (TPSA) is 43.1 Å². The van der Waals surface area contributed by atoms with E-state index in [1.54, 1.807) is 6.92 Å². The van der Waals surface area contributed by atoms with E-state index in [1.807, 2.05) is 6.92 Å². The number of alkyl halides is 1. The summed E-state index contributed by atoms with van der Waals surface area (Å²) in [7, 11) is 0. The van der Waals surface area contributed by atoms with Crippen molar-refractivity contribution >= 4 is 22.2 Å². The Bertz CT molecular complexity index is 269. The SMILES string of the molecule is Cc1nc(C)c(C(Br)C=O)o1. The van der Waals surface area contributed by atoms with Crippen LogP contribution >= 0.6 is 15.9 Å². The summed E-state index contributed by atoms with van der Waals surface area (Å²) in [5.74, 6) is 1.18. The summed E-state index contributed by atoms with van der Waals surface area (Å²) in [5, 5.41) is 0. The summed E-state index contributed by atoms with van der Waals surface area (Å²) in [6.07, 6.45) is 0.771. The van der Waals surface area contributed by atoms with Crippen LogP contribution in [0.5, 0.6) is 0 Å². The Balaban J connectivity index is 3.02. The van der Waals surface area contributed by atoms with E-state index in [1.165, 1.54) is 0 Å². The lowest BCUT2D eigenvalue weighted by Crippen LogP contribution is -1.90. The molecule has 0 bridgehead atoms. The molecular weight excluding hydrogens is 210 g/mol. The number of halogens is 1. The molecule has 0 spiro atoms. The molecule has 11 heavy (non-hydrogen) atoms. The highest BCUT2D eigenvalue weighted by atomic mass is 79.9. The lowest BCUT2D eigenvalue weighted by molar-refractivity contribution is -0.107. The maximum absolute atomic E-state index is 10.3. The highest BCUT2D eigenvalue weighted by Gasteiger charge is 2.14. The van der Waals surface area contributed by atoms with Gasteiger partial charge >= 0.3 is 0 Å². The lowest BCUT2D eigenvalue weighted by Gasteiger charge is -1.95. The monoisotopic (exact) mass is 217 g/mol. The van der Waals surface area contributed by atoms with Crippen molar-refractivity contribution in [3.05, 3.63) is 17.3 Å². The zero-order valence-electron chi connectivity index (χ0n) is 6.30. The van der Waals surface area contributed by atoms with E-state index < -0.39 is 0 Å². The number of aromatic nitrogens is 1. The highest BCUT2D eigenvalue weighted by molar-refractivity contribution is 9.09. The number of oxazole rings is 1. The summed E-state index contributed by atoms with van der Waals surface area (Å²) in [4.78, 5) is 14.0. The summed E-state index contributed by atoms with van der Waals surface area (Å²) < 4.78 is 5.18. The fourth-order valence-electron chi connectivity index (χ4n) is 0.865. The second-order valence-corrected chi connectivity index (χ2v) is 3.21. The first-order chi connectivity index (χ1) is 5.15. The normalized spacial score (nSPS) is 13.0. The van der Waals surface area contributed by atoms with Crippen LogP contribution in [0.25, 0.3) is 0 Å². The Morgan fingerprint density at radius 3 is 2.64 bits per heavy atom. The Morgan fingerprint density at radius 2 is 2.27 bits per heavy atom. The molecule has 0 aliphatic carbocycles. The molecule has 60 valence electrons. The van der Waals surface area contributed by atoms with E-state index in [2.05, 4.69) is 20.9 Å². The molecule has 1 atom stereocenters. The predicted octanol–water partition coefficient (Wildman–Crippen LogP) is 1.93. The van der Waals surface area contributed by atoms with Crippen LogP contribution in [-0.2, 0) is 4.79 Å². The fourth-order valence-corrected chi connectivity index (χ4v) is 1.29. The van der Waals surface area contributed by atoms with Crippen LogP contribution in [0.2, 0.25) is 0 Å². The van der Waals surface area contributed by atoms with Crippen molar-refractivity contribution in [3.63, 3.8) is 0 Å². The van der Waals surface area contributed by atoms with Gasteiger partial charge in [0.2, 0.25) is 0 Å². The molecule has 0 saturated carbocycles. The molecule has 0 fully saturated rings. The van der Waals surface area contributed by atoms with E-state index >= 15 is 0 Å². The minimum absolute atomic E-state index is 0.372. The molecule has 0 N–H and O–H groups in total. The minimum atomic E-state index is -0.372. The number of nitrogens with zero attached hydrogens (tertiary/aromatic N) is 1. The van der Waals surface area contributed by atoms with Crippen molar-refractivity contribution in [2.45, 2.75) is 18.7 Å². The van der Waals surface area contributed by atoms with Gasteiger partial charge in [-0.25, -0.2) is 4.98 Å². The van der Waals surface area contributed by atoms with Gasteiger partial charge in [-0.1, -0.05) is 15.9 Å². The summed E-state index contributed by atoms with van der Waals surface area (Å²) in [5.41, 5.74) is 0.761. The number of aryl methyl sites for hydroxylation is 2. The van der Waals surface area contributed by atoms with Gasteiger partial charge in [-0.15, -0.1) is 0 Å². The van der Waals surface area contributed by atoms with Gasteiger partial charge in [0.25, 0.3) is 0 Å². The van der Waals surface area contributed by atoms with Gasteiger partial charge in [-0.2, -0.15) is 0 Å². The van der Waals surface area contributed by atoms with Crippen molar-refractivity contribution in [1.29, 1.82) is 0 Å². The van der Waals surface area contributed by atoms with E-state index in [4.69, 9.17) is 4.42 Å². The van der Waals surface area contributed by atoms with Crippen molar-refractivity contribution in [1.82, 2.24) is 4.98 Å². The zero-order valence-corrected chi connectivity index (χ0v) is 7.88. The molecule has 0 aliphatic heterocycles. The molecule has 1 rings (SSSR count). The number of rotatable bonds is 2. The first-order valence-electron chi connectivity index (χ1n) is 3.18. The smallest absolute Gasteiger partial charge is 0.191 e. The Kier molecular flexibility index (Phi) is 2.44.